The van der Waals surface area contributed by atoms with E-state index in [0.717, 1.165) is 10.9 Å². The van der Waals surface area contributed by atoms with Gasteiger partial charge in [-0.2, -0.15) is 0 Å². The number of hydrogen-bond donors (Lipinski definition) is 3. The first kappa shape index (κ1) is 23.7. The van der Waals surface area contributed by atoms with Crippen molar-refractivity contribution in [3.63, 3.8) is 0 Å². The lowest BCUT2D eigenvalue weighted by Crippen LogP contribution is -2.38. The molecule has 0 aliphatic heterocycles. The van der Waals surface area contributed by atoms with Crippen molar-refractivity contribution in [1.82, 2.24) is 20.5 Å². The molecule has 0 spiro atoms. The van der Waals surface area contributed by atoms with Gasteiger partial charge in [0.15, 0.2) is 0 Å². The molecule has 8 heteroatoms. The van der Waals surface area contributed by atoms with E-state index in [1.165, 1.54) is 13.2 Å². The SMILES string of the molecule is COc1ccc(C(=O)NC(=Cc2cc3ccc(C)cc3[nH]c2=O)C(=O)NCCN(C)C)cc1. The van der Waals surface area contributed by atoms with Gasteiger partial charge < -0.3 is 25.3 Å². The zero-order chi connectivity index (χ0) is 24.0. The van der Waals surface area contributed by atoms with Crippen molar-refractivity contribution in [2.24, 2.45) is 0 Å². The average Bonchev–Trinajstić information content (AvgIpc) is 2.78. The van der Waals surface area contributed by atoms with E-state index in [4.69, 9.17) is 4.74 Å². The van der Waals surface area contributed by atoms with Crippen LogP contribution in [0.1, 0.15) is 21.5 Å². The Hall–Kier alpha value is -3.91. The minimum atomic E-state index is -0.484. The van der Waals surface area contributed by atoms with Crippen molar-refractivity contribution in [2.75, 3.05) is 34.3 Å². The van der Waals surface area contributed by atoms with E-state index in [1.807, 2.05) is 44.1 Å². The Kier molecular flexibility index (Phi) is 7.63. The standard InChI is InChI=1S/C25H28N4O4/c1-16-5-6-18-14-19(24(31)27-21(18)13-16)15-22(25(32)26-11-12-29(2)3)28-23(30)17-7-9-20(33-4)10-8-17/h5-10,13-15H,11-12H2,1-4H3,(H,26,32)(H,27,31)(H,28,30). The maximum atomic E-state index is 12.9. The predicted molar refractivity (Wildman–Crippen MR) is 129 cm³/mol. The number of hydrogen-bond acceptors (Lipinski definition) is 5. The number of pyridine rings is 1. The summed E-state index contributed by atoms with van der Waals surface area (Å²) >= 11 is 0. The monoisotopic (exact) mass is 448 g/mol. The third kappa shape index (κ3) is 6.30. The number of aromatic amines is 1. The van der Waals surface area contributed by atoms with Gasteiger partial charge in [0, 0.05) is 29.7 Å². The minimum Gasteiger partial charge on any atom is -0.497 e. The number of methoxy groups -OCH3 is 1. The maximum Gasteiger partial charge on any atom is 0.267 e. The number of likely N-dealkylation sites (N-methyl/N-ethyl adjacent to an activating group) is 1. The molecule has 2 aromatic carbocycles. The molecule has 0 atom stereocenters. The van der Waals surface area contributed by atoms with E-state index < -0.39 is 11.8 Å². The Bertz CT molecular complexity index is 1240. The molecule has 33 heavy (non-hydrogen) atoms. The van der Waals surface area contributed by atoms with Crippen LogP contribution in [0.25, 0.3) is 17.0 Å². The molecule has 3 N–H and O–H groups in total. The highest BCUT2D eigenvalue weighted by Crippen LogP contribution is 2.15. The fourth-order valence-electron chi connectivity index (χ4n) is 3.18. The molecule has 1 heterocycles. The van der Waals surface area contributed by atoms with Crippen molar-refractivity contribution >= 4 is 28.8 Å². The Morgan fingerprint density at radius 1 is 1.09 bits per heavy atom. The molecule has 0 radical (unpaired) electrons. The number of benzene rings is 2. The Labute approximate surface area is 192 Å². The number of aromatic nitrogens is 1. The number of aryl methyl sites for hydroxylation is 1. The predicted octanol–water partition coefficient (Wildman–Crippen LogP) is 2.29. The molecule has 0 saturated heterocycles. The molecule has 172 valence electrons. The van der Waals surface area contributed by atoms with Gasteiger partial charge in [0.1, 0.15) is 11.4 Å². The first-order valence-electron chi connectivity index (χ1n) is 10.5. The van der Waals surface area contributed by atoms with E-state index in [-0.39, 0.29) is 16.8 Å². The highest BCUT2D eigenvalue weighted by atomic mass is 16.5. The summed E-state index contributed by atoms with van der Waals surface area (Å²) in [6.45, 7) is 2.95. The molecule has 0 aliphatic rings. The Morgan fingerprint density at radius 2 is 1.82 bits per heavy atom. The largest absolute Gasteiger partial charge is 0.497 e. The fraction of sp³-hybridized carbons (Fsp3) is 0.240. The number of carbonyl (C=O) groups excluding carboxylic acids is 2. The summed E-state index contributed by atoms with van der Waals surface area (Å²) < 4.78 is 5.12. The molecule has 8 nitrogen and oxygen atoms in total. The second-order valence-corrected chi connectivity index (χ2v) is 7.94. The van der Waals surface area contributed by atoms with Crippen LogP contribution in [0.5, 0.6) is 5.75 Å². The first-order chi connectivity index (χ1) is 15.8. The third-order valence-corrected chi connectivity index (χ3v) is 5.02. The van der Waals surface area contributed by atoms with Crippen LogP contribution in [0.15, 0.2) is 59.0 Å². The highest BCUT2D eigenvalue weighted by molar-refractivity contribution is 6.05. The molecule has 0 aliphatic carbocycles. The van der Waals surface area contributed by atoms with Crippen molar-refractivity contribution in [3.05, 3.63) is 81.3 Å². The second-order valence-electron chi connectivity index (χ2n) is 7.94. The van der Waals surface area contributed by atoms with Gasteiger partial charge in [-0.05, 0) is 74.4 Å². The Morgan fingerprint density at radius 3 is 2.48 bits per heavy atom. The zero-order valence-electron chi connectivity index (χ0n) is 19.2. The summed E-state index contributed by atoms with van der Waals surface area (Å²) in [7, 11) is 5.33. The summed E-state index contributed by atoms with van der Waals surface area (Å²) in [5.74, 6) is -0.344. The molecule has 0 bridgehead atoms. The molecule has 3 rings (SSSR count). The van der Waals surface area contributed by atoms with Crippen LogP contribution in [0.3, 0.4) is 0 Å². The molecule has 3 aromatic rings. The Balaban J connectivity index is 1.94. The van der Waals surface area contributed by atoms with Gasteiger partial charge in [0.25, 0.3) is 17.4 Å². The van der Waals surface area contributed by atoms with E-state index in [0.29, 0.717) is 29.9 Å². The number of H-pyrrole nitrogens is 1. The van der Waals surface area contributed by atoms with Gasteiger partial charge in [-0.25, -0.2) is 0 Å². The molecular weight excluding hydrogens is 420 g/mol. The van der Waals surface area contributed by atoms with Gasteiger partial charge in [-0.1, -0.05) is 12.1 Å². The lowest BCUT2D eigenvalue weighted by molar-refractivity contribution is -0.117. The number of carbonyl (C=O) groups is 2. The van der Waals surface area contributed by atoms with E-state index in [9.17, 15) is 14.4 Å². The highest BCUT2D eigenvalue weighted by Gasteiger charge is 2.16. The summed E-state index contributed by atoms with van der Waals surface area (Å²) in [6, 6.07) is 13.9. The number of amides is 2. The van der Waals surface area contributed by atoms with Gasteiger partial charge >= 0.3 is 0 Å². The lowest BCUT2D eigenvalue weighted by atomic mass is 10.1. The van der Waals surface area contributed by atoms with E-state index >= 15 is 0 Å². The topological polar surface area (TPSA) is 104 Å². The second kappa shape index (κ2) is 10.6. The van der Waals surface area contributed by atoms with Crippen LogP contribution in [0.2, 0.25) is 0 Å². The van der Waals surface area contributed by atoms with Crippen LogP contribution in [-0.4, -0.2) is 56.0 Å². The molecule has 0 fully saturated rings. The summed E-state index contributed by atoms with van der Waals surface area (Å²) in [5.41, 5.74) is 1.97. The lowest BCUT2D eigenvalue weighted by Gasteiger charge is -2.13. The number of rotatable bonds is 8. The normalized spacial score (nSPS) is 11.5. The van der Waals surface area contributed by atoms with Crippen LogP contribution < -0.4 is 20.9 Å². The first-order valence-corrected chi connectivity index (χ1v) is 10.5. The van der Waals surface area contributed by atoms with Crippen LogP contribution in [-0.2, 0) is 4.79 Å². The van der Waals surface area contributed by atoms with Crippen LogP contribution in [0, 0.1) is 6.92 Å². The van der Waals surface area contributed by atoms with Gasteiger partial charge in [0.05, 0.1) is 7.11 Å². The molecule has 0 saturated carbocycles. The smallest absolute Gasteiger partial charge is 0.267 e. The number of fused-ring (bicyclic) bond motifs is 1. The number of ether oxygens (including phenoxy) is 1. The zero-order valence-corrected chi connectivity index (χ0v) is 19.2. The molecule has 0 unspecified atom stereocenters. The molecular formula is C25H28N4O4. The summed E-state index contributed by atoms with van der Waals surface area (Å²) in [4.78, 5) is 43.1. The van der Waals surface area contributed by atoms with Gasteiger partial charge in [-0.3, -0.25) is 14.4 Å². The molecule has 1 aromatic heterocycles. The molecule has 2 amide bonds. The number of nitrogens with zero attached hydrogens (tertiary/aromatic N) is 1. The van der Waals surface area contributed by atoms with Crippen molar-refractivity contribution in [2.45, 2.75) is 6.92 Å². The van der Waals surface area contributed by atoms with Gasteiger partial charge in [-0.15, -0.1) is 0 Å². The van der Waals surface area contributed by atoms with Gasteiger partial charge in [0.2, 0.25) is 0 Å². The summed E-state index contributed by atoms with van der Waals surface area (Å²) in [6.07, 6.45) is 1.39. The third-order valence-electron chi connectivity index (χ3n) is 5.02. The summed E-state index contributed by atoms with van der Waals surface area (Å²) in [5, 5.41) is 6.24. The van der Waals surface area contributed by atoms with Crippen molar-refractivity contribution < 1.29 is 14.3 Å². The van der Waals surface area contributed by atoms with Crippen molar-refractivity contribution in [3.8, 4) is 5.75 Å². The fourth-order valence-corrected chi connectivity index (χ4v) is 3.18. The van der Waals surface area contributed by atoms with Crippen LogP contribution in [0.4, 0.5) is 0 Å². The van der Waals surface area contributed by atoms with Crippen molar-refractivity contribution in [1.29, 1.82) is 0 Å². The minimum absolute atomic E-state index is 0.0217. The number of nitrogens with one attached hydrogen (secondary N) is 3. The average molecular weight is 449 g/mol. The van der Waals surface area contributed by atoms with E-state index in [2.05, 4.69) is 15.6 Å². The quantitative estimate of drug-likeness (QED) is 0.459. The maximum absolute atomic E-state index is 12.9. The van der Waals surface area contributed by atoms with E-state index in [1.54, 1.807) is 30.3 Å². The van der Waals surface area contributed by atoms with Crippen LogP contribution >= 0.6 is 0 Å².